The first kappa shape index (κ1) is 16.7. The molecule has 0 aliphatic heterocycles. The van der Waals surface area contributed by atoms with Crippen LogP contribution < -0.4 is 0 Å². The van der Waals surface area contributed by atoms with Crippen LogP contribution in [0.25, 0.3) is 0 Å². The van der Waals surface area contributed by atoms with Gasteiger partial charge in [-0.3, -0.25) is 12.2 Å². The van der Waals surface area contributed by atoms with E-state index in [2.05, 4.69) is 50.3 Å². The zero-order valence-corrected chi connectivity index (χ0v) is 12.7. The Labute approximate surface area is 123 Å². The monoisotopic (exact) mass is 238 g/mol. The fourth-order valence-corrected chi connectivity index (χ4v) is 1.78. The van der Waals surface area contributed by atoms with Crippen LogP contribution in [-0.4, -0.2) is 23.1 Å². The predicted molar refractivity (Wildman–Crippen MR) is 76.6 cm³/mol. The Hall–Kier alpha value is -0.274. The van der Waals surface area contributed by atoms with E-state index in [1.165, 1.54) is 36.8 Å². The van der Waals surface area contributed by atoms with Gasteiger partial charge in [-0.15, -0.1) is 12.8 Å². The van der Waals surface area contributed by atoms with Crippen molar-refractivity contribution in [3.8, 4) is 0 Å². The molecule has 0 fully saturated rings. The Morgan fingerprint density at radius 3 is 1.53 bits per heavy atom. The molecule has 1 heteroatoms. The molecule has 0 amide bonds. The van der Waals surface area contributed by atoms with Gasteiger partial charge in [0, 0.05) is 0 Å². The molecule has 0 bridgehead atoms. The van der Waals surface area contributed by atoms with Crippen molar-refractivity contribution in [3.05, 3.63) is 47.6 Å². The van der Waals surface area contributed by atoms with Gasteiger partial charge in [0.2, 0.25) is 0 Å². The molecule has 0 aromatic rings. The first-order valence-electron chi connectivity index (χ1n) is 6.39. The minimum atomic E-state index is 0. The standard InChI is InChI=1S/2C8H11.Mg/c2*1-2-5-8-6-3-4-7-8;/h2*3,6H,2,4-5H2,1H3;/q2*-1;+2. The van der Waals surface area contributed by atoms with Crippen LogP contribution in [-0.2, 0) is 0 Å². The van der Waals surface area contributed by atoms with Gasteiger partial charge in [0.1, 0.15) is 0 Å². The van der Waals surface area contributed by atoms with Gasteiger partial charge < -0.3 is 0 Å². The van der Waals surface area contributed by atoms with E-state index in [1.807, 2.05) is 0 Å². The molecule has 17 heavy (non-hydrogen) atoms. The van der Waals surface area contributed by atoms with Crippen LogP contribution >= 0.6 is 0 Å². The third-order valence-electron chi connectivity index (χ3n) is 2.57. The molecule has 2 rings (SSSR count). The molecule has 0 heterocycles. The van der Waals surface area contributed by atoms with Crippen molar-refractivity contribution in [2.75, 3.05) is 0 Å². The number of allylic oxidation sites excluding steroid dienone is 8. The molecule has 0 spiro atoms. The van der Waals surface area contributed by atoms with E-state index in [9.17, 15) is 0 Å². The van der Waals surface area contributed by atoms with Gasteiger partial charge in [0.15, 0.2) is 0 Å². The minimum absolute atomic E-state index is 0. The Balaban J connectivity index is 0.000000284. The molecule has 0 aromatic heterocycles. The molecule has 88 valence electrons. The van der Waals surface area contributed by atoms with Crippen LogP contribution in [0.3, 0.4) is 0 Å². The second-order valence-electron chi connectivity index (χ2n) is 4.12. The van der Waals surface area contributed by atoms with Crippen LogP contribution in [0, 0.1) is 12.2 Å². The minimum Gasteiger partial charge on any atom is -0.269 e. The molecule has 0 saturated heterocycles. The summed E-state index contributed by atoms with van der Waals surface area (Å²) in [6.45, 7) is 4.39. The SMILES string of the molecule is CCCC1=[C-]CC=C1.CCCC1=[C-]CC=C1.[Mg+2]. The molecule has 0 unspecified atom stereocenters. The van der Waals surface area contributed by atoms with Crippen molar-refractivity contribution in [1.82, 2.24) is 0 Å². The number of hydrogen-bond donors (Lipinski definition) is 0. The van der Waals surface area contributed by atoms with E-state index < -0.39 is 0 Å². The predicted octanol–water partition coefficient (Wildman–Crippen LogP) is 4.57. The summed E-state index contributed by atoms with van der Waals surface area (Å²) >= 11 is 0. The van der Waals surface area contributed by atoms with Crippen LogP contribution in [0.4, 0.5) is 0 Å². The molecule has 0 aromatic carbocycles. The topological polar surface area (TPSA) is 0 Å². The van der Waals surface area contributed by atoms with Gasteiger partial charge in [-0.25, -0.2) is 23.3 Å². The zero-order valence-electron chi connectivity index (χ0n) is 11.3. The molecular formula is C16H22Mg. The van der Waals surface area contributed by atoms with Gasteiger partial charge in [0.25, 0.3) is 0 Å². The molecule has 0 saturated carbocycles. The molecule has 0 radical (unpaired) electrons. The fourth-order valence-electron chi connectivity index (χ4n) is 1.78. The van der Waals surface area contributed by atoms with Crippen molar-refractivity contribution < 1.29 is 0 Å². The van der Waals surface area contributed by atoms with Crippen molar-refractivity contribution in [3.63, 3.8) is 0 Å². The Morgan fingerprint density at radius 2 is 1.29 bits per heavy atom. The molecular weight excluding hydrogens is 216 g/mol. The largest absolute Gasteiger partial charge is 2.00 e. The summed E-state index contributed by atoms with van der Waals surface area (Å²) in [4.78, 5) is 0. The second-order valence-corrected chi connectivity index (χ2v) is 4.12. The quantitative estimate of drug-likeness (QED) is 0.497. The van der Waals surface area contributed by atoms with Crippen molar-refractivity contribution >= 4 is 23.1 Å². The van der Waals surface area contributed by atoms with E-state index in [-0.39, 0.29) is 23.1 Å². The van der Waals surface area contributed by atoms with Gasteiger partial charge in [-0.1, -0.05) is 39.5 Å². The van der Waals surface area contributed by atoms with Gasteiger partial charge in [0.05, 0.1) is 0 Å². The summed E-state index contributed by atoms with van der Waals surface area (Å²) in [5.41, 5.74) is 2.79. The maximum absolute atomic E-state index is 3.26. The molecule has 0 nitrogen and oxygen atoms in total. The fraction of sp³-hybridized carbons (Fsp3) is 0.500. The van der Waals surface area contributed by atoms with Crippen LogP contribution in [0.2, 0.25) is 0 Å². The molecule has 2 aliphatic rings. The summed E-state index contributed by atoms with van der Waals surface area (Å²) in [6, 6.07) is 0. The van der Waals surface area contributed by atoms with Crippen molar-refractivity contribution in [2.45, 2.75) is 52.4 Å². The van der Waals surface area contributed by atoms with E-state index in [0.717, 1.165) is 12.8 Å². The third-order valence-corrected chi connectivity index (χ3v) is 2.57. The first-order chi connectivity index (χ1) is 7.86. The van der Waals surface area contributed by atoms with E-state index in [0.29, 0.717) is 0 Å². The van der Waals surface area contributed by atoms with Gasteiger partial charge in [-0.05, 0) is 0 Å². The number of rotatable bonds is 4. The van der Waals surface area contributed by atoms with Crippen molar-refractivity contribution in [2.24, 2.45) is 0 Å². The van der Waals surface area contributed by atoms with Crippen LogP contribution in [0.15, 0.2) is 35.5 Å². The Bertz CT molecular complexity index is 273. The Morgan fingerprint density at radius 1 is 0.882 bits per heavy atom. The second kappa shape index (κ2) is 10.9. The summed E-state index contributed by atoms with van der Waals surface area (Å²) in [6.07, 6.45) is 22.2. The van der Waals surface area contributed by atoms with Gasteiger partial charge >= 0.3 is 23.1 Å². The van der Waals surface area contributed by atoms with E-state index >= 15 is 0 Å². The molecule has 0 atom stereocenters. The third kappa shape index (κ3) is 7.61. The normalized spacial score (nSPS) is 15.9. The number of hydrogen-bond acceptors (Lipinski definition) is 0. The molecule has 0 N–H and O–H groups in total. The summed E-state index contributed by atoms with van der Waals surface area (Å²) in [5.74, 6) is 0. The average molecular weight is 239 g/mol. The van der Waals surface area contributed by atoms with E-state index in [1.54, 1.807) is 0 Å². The summed E-state index contributed by atoms with van der Waals surface area (Å²) < 4.78 is 0. The zero-order chi connectivity index (χ0) is 11.6. The maximum Gasteiger partial charge on any atom is 2.00 e. The molecule has 2 aliphatic carbocycles. The van der Waals surface area contributed by atoms with Crippen LogP contribution in [0.5, 0.6) is 0 Å². The smallest absolute Gasteiger partial charge is 0.269 e. The van der Waals surface area contributed by atoms with E-state index in [4.69, 9.17) is 0 Å². The maximum atomic E-state index is 3.26. The van der Waals surface area contributed by atoms with Crippen molar-refractivity contribution in [1.29, 1.82) is 0 Å². The van der Waals surface area contributed by atoms with Gasteiger partial charge in [-0.2, -0.15) is 12.2 Å². The summed E-state index contributed by atoms with van der Waals surface area (Å²) in [7, 11) is 0. The summed E-state index contributed by atoms with van der Waals surface area (Å²) in [5, 5.41) is 0. The van der Waals surface area contributed by atoms with Crippen LogP contribution in [0.1, 0.15) is 52.4 Å². The Kier molecular flexibility index (Phi) is 10.7. The average Bonchev–Trinajstić information content (AvgIpc) is 2.92. The first-order valence-corrected chi connectivity index (χ1v) is 6.39.